The molecule has 0 fully saturated rings. The van der Waals surface area contributed by atoms with E-state index in [1.54, 1.807) is 13.1 Å². The summed E-state index contributed by atoms with van der Waals surface area (Å²) in [6.45, 7) is 12.1. The van der Waals surface area contributed by atoms with Crippen LogP contribution < -0.4 is 4.74 Å². The molecule has 4 nitrogen and oxygen atoms in total. The summed E-state index contributed by atoms with van der Waals surface area (Å²) in [5.41, 5.74) is 4.56. The number of rotatable bonds is 5. The second-order valence-electron chi connectivity index (χ2n) is 6.97. The Morgan fingerprint density at radius 2 is 2.03 bits per heavy atom. The lowest BCUT2D eigenvalue weighted by molar-refractivity contribution is 0.180. The summed E-state index contributed by atoms with van der Waals surface area (Å²) in [6.07, 6.45) is 1.22. The Morgan fingerprint density at radius 3 is 2.67 bits per heavy atom. The molecular weight excluding hydrogens is 392 g/mol. The Labute approximate surface area is 184 Å². The number of nitrogens with zero attached hydrogens (tertiary/aromatic N) is 2. The fraction of sp³-hybridized carbons (Fsp3) is 0.360. The SMILES string of the molecule is C=C(SC(=NC)c1ccc(OC(C)C)c(C#N)c1)c1cccc2c1CCC2O.CC. The van der Waals surface area contributed by atoms with Crippen LogP contribution in [0.5, 0.6) is 5.75 Å². The van der Waals surface area contributed by atoms with Crippen molar-refractivity contribution in [3.63, 3.8) is 0 Å². The molecule has 0 spiro atoms. The van der Waals surface area contributed by atoms with Gasteiger partial charge in [0.15, 0.2) is 0 Å². The van der Waals surface area contributed by atoms with Gasteiger partial charge in [0.25, 0.3) is 0 Å². The van der Waals surface area contributed by atoms with E-state index in [9.17, 15) is 10.4 Å². The number of hydrogen-bond acceptors (Lipinski definition) is 5. The minimum atomic E-state index is -0.390. The number of aliphatic hydroxyl groups excluding tert-OH is 1. The third kappa shape index (κ3) is 5.33. The molecule has 0 saturated carbocycles. The van der Waals surface area contributed by atoms with E-state index in [2.05, 4.69) is 17.6 Å². The molecule has 0 heterocycles. The van der Waals surface area contributed by atoms with Crippen LogP contribution in [0.1, 0.15) is 68.0 Å². The van der Waals surface area contributed by atoms with Gasteiger partial charge in [0.05, 0.1) is 17.8 Å². The molecule has 1 atom stereocenters. The van der Waals surface area contributed by atoms with E-state index in [4.69, 9.17) is 4.74 Å². The van der Waals surface area contributed by atoms with Crippen molar-refractivity contribution in [2.75, 3.05) is 7.05 Å². The van der Waals surface area contributed by atoms with E-state index in [0.29, 0.717) is 11.3 Å². The molecule has 1 N–H and O–H groups in total. The largest absolute Gasteiger partial charge is 0.490 e. The first-order chi connectivity index (χ1) is 14.4. The summed E-state index contributed by atoms with van der Waals surface area (Å²) in [5.74, 6) is 0.579. The van der Waals surface area contributed by atoms with E-state index in [0.717, 1.165) is 39.5 Å². The number of benzene rings is 2. The quantitative estimate of drug-likeness (QED) is 0.465. The number of thioether (sulfide) groups is 1. The molecule has 158 valence electrons. The Bertz CT molecular complexity index is 974. The maximum atomic E-state index is 10.1. The van der Waals surface area contributed by atoms with Crippen molar-refractivity contribution in [2.24, 2.45) is 4.99 Å². The van der Waals surface area contributed by atoms with Gasteiger partial charge in [-0.15, -0.1) is 0 Å². The average molecular weight is 423 g/mol. The molecular formula is C25H30N2O2S. The minimum absolute atomic E-state index is 0.00180. The fourth-order valence-corrected chi connectivity index (χ4v) is 4.28. The normalized spacial score (nSPS) is 15.1. The Hall–Kier alpha value is -2.55. The first-order valence-electron chi connectivity index (χ1n) is 10.3. The molecule has 0 saturated heterocycles. The van der Waals surface area contributed by atoms with Gasteiger partial charge in [-0.3, -0.25) is 4.99 Å². The van der Waals surface area contributed by atoms with Crippen molar-refractivity contribution < 1.29 is 9.84 Å². The van der Waals surface area contributed by atoms with Crippen LogP contribution in [0.15, 0.2) is 48.0 Å². The Kier molecular flexibility index (Phi) is 8.71. The molecule has 1 unspecified atom stereocenters. The number of aliphatic imine (C=N–C) groups is 1. The van der Waals surface area contributed by atoms with Crippen LogP contribution in [0.2, 0.25) is 0 Å². The van der Waals surface area contributed by atoms with Crippen LogP contribution >= 0.6 is 11.8 Å². The lowest BCUT2D eigenvalue weighted by atomic mass is 10.0. The van der Waals surface area contributed by atoms with E-state index in [1.165, 1.54) is 17.3 Å². The van der Waals surface area contributed by atoms with E-state index >= 15 is 0 Å². The van der Waals surface area contributed by atoms with Gasteiger partial charge in [-0.1, -0.05) is 50.4 Å². The smallest absolute Gasteiger partial charge is 0.137 e. The number of nitriles is 1. The van der Waals surface area contributed by atoms with Crippen molar-refractivity contribution >= 4 is 21.7 Å². The molecule has 0 amide bonds. The van der Waals surface area contributed by atoms with Gasteiger partial charge in [-0.2, -0.15) is 5.26 Å². The molecule has 30 heavy (non-hydrogen) atoms. The van der Waals surface area contributed by atoms with Crippen molar-refractivity contribution in [2.45, 2.75) is 52.7 Å². The highest BCUT2D eigenvalue weighted by molar-refractivity contribution is 8.22. The summed E-state index contributed by atoms with van der Waals surface area (Å²) < 4.78 is 5.71. The monoisotopic (exact) mass is 422 g/mol. The molecule has 2 aromatic carbocycles. The zero-order valence-electron chi connectivity index (χ0n) is 18.4. The lowest BCUT2D eigenvalue weighted by Crippen LogP contribution is -2.07. The standard InChI is InChI=1S/C23H24N2O2S.C2H6/c1-14(2)27-22-11-8-16(12-17(22)13-24)23(25-4)28-15(3)18-6-5-7-20-19(18)9-10-21(20)26;1-2/h5-8,11-12,14,21,26H,3,9-10H2,1-2,4H3;1-2H3. The summed E-state index contributed by atoms with van der Waals surface area (Å²) in [4.78, 5) is 5.30. The molecule has 0 radical (unpaired) electrons. The predicted octanol–water partition coefficient (Wildman–Crippen LogP) is 6.13. The molecule has 5 heteroatoms. The number of aliphatic hydroxyl groups is 1. The first kappa shape index (κ1) is 23.7. The maximum absolute atomic E-state index is 10.1. The van der Waals surface area contributed by atoms with E-state index < -0.39 is 6.10 Å². The van der Waals surface area contributed by atoms with Gasteiger partial charge < -0.3 is 9.84 Å². The summed E-state index contributed by atoms with van der Waals surface area (Å²) in [7, 11) is 1.74. The molecule has 3 rings (SSSR count). The topological polar surface area (TPSA) is 65.6 Å². The number of hydrogen-bond donors (Lipinski definition) is 1. The van der Waals surface area contributed by atoms with Crippen molar-refractivity contribution in [3.05, 3.63) is 70.8 Å². The van der Waals surface area contributed by atoms with Crippen molar-refractivity contribution in [1.29, 1.82) is 5.26 Å². The molecule has 0 aromatic heterocycles. The maximum Gasteiger partial charge on any atom is 0.137 e. The fourth-order valence-electron chi connectivity index (χ4n) is 3.41. The van der Waals surface area contributed by atoms with Crippen molar-refractivity contribution in [1.82, 2.24) is 0 Å². The highest BCUT2D eigenvalue weighted by atomic mass is 32.2. The highest BCUT2D eigenvalue weighted by Crippen LogP contribution is 2.39. The Morgan fingerprint density at radius 1 is 1.30 bits per heavy atom. The van der Waals surface area contributed by atoms with Crippen molar-refractivity contribution in [3.8, 4) is 11.8 Å². The zero-order chi connectivity index (χ0) is 22.3. The van der Waals surface area contributed by atoms with Crippen LogP contribution in [0.3, 0.4) is 0 Å². The summed E-state index contributed by atoms with van der Waals surface area (Å²) >= 11 is 1.48. The van der Waals surface area contributed by atoms with E-state index in [1.807, 2.05) is 58.0 Å². The summed E-state index contributed by atoms with van der Waals surface area (Å²) in [5, 5.41) is 20.4. The predicted molar refractivity (Wildman–Crippen MR) is 127 cm³/mol. The molecule has 0 bridgehead atoms. The second kappa shape index (κ2) is 11.0. The van der Waals surface area contributed by atoms with Gasteiger partial charge in [0, 0.05) is 17.5 Å². The lowest BCUT2D eigenvalue weighted by Gasteiger charge is -2.15. The minimum Gasteiger partial charge on any atom is -0.490 e. The second-order valence-corrected chi connectivity index (χ2v) is 8.05. The number of fused-ring (bicyclic) bond motifs is 1. The molecule has 0 aliphatic heterocycles. The summed E-state index contributed by atoms with van der Waals surface area (Å²) in [6, 6.07) is 13.7. The van der Waals surface area contributed by atoms with Gasteiger partial charge in [0.2, 0.25) is 0 Å². The van der Waals surface area contributed by atoms with Crippen LogP contribution in [0.4, 0.5) is 0 Å². The highest BCUT2D eigenvalue weighted by Gasteiger charge is 2.24. The van der Waals surface area contributed by atoms with Gasteiger partial charge >= 0.3 is 0 Å². The van der Waals surface area contributed by atoms with Crippen LogP contribution in [-0.4, -0.2) is 23.3 Å². The zero-order valence-corrected chi connectivity index (χ0v) is 19.2. The van der Waals surface area contributed by atoms with Gasteiger partial charge in [-0.25, -0.2) is 0 Å². The van der Waals surface area contributed by atoms with Crippen LogP contribution in [0.25, 0.3) is 4.91 Å². The third-order valence-electron chi connectivity index (χ3n) is 4.67. The first-order valence-corrected chi connectivity index (χ1v) is 11.1. The average Bonchev–Trinajstić information content (AvgIpc) is 3.14. The van der Waals surface area contributed by atoms with Crippen LogP contribution in [0, 0.1) is 11.3 Å². The van der Waals surface area contributed by atoms with Gasteiger partial charge in [0.1, 0.15) is 16.9 Å². The van der Waals surface area contributed by atoms with Crippen LogP contribution in [-0.2, 0) is 6.42 Å². The Balaban J connectivity index is 0.00000155. The van der Waals surface area contributed by atoms with E-state index in [-0.39, 0.29) is 6.10 Å². The molecule has 1 aliphatic carbocycles. The molecule has 1 aliphatic rings. The molecule has 2 aromatic rings. The van der Waals surface area contributed by atoms with Gasteiger partial charge in [-0.05, 0) is 61.6 Å². The third-order valence-corrected chi connectivity index (χ3v) is 5.75. The number of ether oxygens (including phenoxy) is 1.